The molecule has 2 atom stereocenters. The lowest BCUT2D eigenvalue weighted by atomic mass is 9.89. The highest BCUT2D eigenvalue weighted by Gasteiger charge is 2.41. The van der Waals surface area contributed by atoms with Gasteiger partial charge >= 0.3 is 0 Å². The van der Waals surface area contributed by atoms with Gasteiger partial charge < -0.3 is 10.4 Å². The topological polar surface area (TPSA) is 32.3 Å². The molecule has 0 aromatic carbocycles. The summed E-state index contributed by atoms with van der Waals surface area (Å²) in [6.45, 7) is 6.25. The third-order valence-corrected chi connectivity index (χ3v) is 5.32. The highest BCUT2D eigenvalue weighted by molar-refractivity contribution is 4.95. The predicted octanol–water partition coefficient (Wildman–Crippen LogP) is 3.34. The molecule has 0 spiro atoms. The van der Waals surface area contributed by atoms with Crippen molar-refractivity contribution in [3.05, 3.63) is 0 Å². The van der Waals surface area contributed by atoms with Crippen LogP contribution >= 0.6 is 0 Å². The Bertz CT molecular complexity index is 247. The third kappa shape index (κ3) is 3.96. The molecular formula is C16H31NO. The number of aliphatic hydroxyl groups is 1. The monoisotopic (exact) mass is 253 g/mol. The second-order valence-corrected chi connectivity index (χ2v) is 7.06. The summed E-state index contributed by atoms with van der Waals surface area (Å²) in [5.41, 5.74) is 0.471. The van der Waals surface area contributed by atoms with Crippen molar-refractivity contribution in [2.75, 3.05) is 13.2 Å². The zero-order valence-corrected chi connectivity index (χ0v) is 12.3. The Morgan fingerprint density at radius 2 is 1.94 bits per heavy atom. The van der Waals surface area contributed by atoms with Gasteiger partial charge in [0.05, 0.1) is 0 Å². The molecule has 2 aliphatic carbocycles. The van der Waals surface area contributed by atoms with Crippen molar-refractivity contribution in [1.82, 2.24) is 5.32 Å². The minimum atomic E-state index is 0.363. The molecule has 2 saturated carbocycles. The van der Waals surface area contributed by atoms with Crippen LogP contribution < -0.4 is 5.32 Å². The molecule has 0 aromatic rings. The standard InChI is InChI=1S/C16H31NO/c1-13(2)14-4-3-5-15(7-6-14)17-12-16(8-9-16)10-11-18/h13-15,17-18H,3-12H2,1-2H3. The predicted molar refractivity (Wildman–Crippen MR) is 76.6 cm³/mol. The molecular weight excluding hydrogens is 222 g/mol. The van der Waals surface area contributed by atoms with Crippen molar-refractivity contribution < 1.29 is 5.11 Å². The molecule has 0 heterocycles. The molecule has 2 N–H and O–H groups in total. The van der Waals surface area contributed by atoms with Crippen LogP contribution in [0.5, 0.6) is 0 Å². The molecule has 2 aliphatic rings. The molecule has 2 unspecified atom stereocenters. The van der Waals surface area contributed by atoms with E-state index in [9.17, 15) is 0 Å². The summed E-state index contributed by atoms with van der Waals surface area (Å²) in [5, 5.41) is 12.9. The van der Waals surface area contributed by atoms with E-state index in [1.54, 1.807) is 0 Å². The van der Waals surface area contributed by atoms with Gasteiger partial charge in [-0.3, -0.25) is 0 Å². The molecule has 18 heavy (non-hydrogen) atoms. The summed E-state index contributed by atoms with van der Waals surface area (Å²) < 4.78 is 0. The quantitative estimate of drug-likeness (QED) is 0.712. The van der Waals surface area contributed by atoms with Crippen LogP contribution in [-0.2, 0) is 0 Å². The van der Waals surface area contributed by atoms with E-state index in [4.69, 9.17) is 5.11 Å². The molecule has 0 aliphatic heterocycles. The van der Waals surface area contributed by atoms with Crippen LogP contribution in [0.4, 0.5) is 0 Å². The third-order valence-electron chi connectivity index (χ3n) is 5.32. The molecule has 2 heteroatoms. The molecule has 0 radical (unpaired) electrons. The van der Waals surface area contributed by atoms with Crippen LogP contribution in [0.15, 0.2) is 0 Å². The average molecular weight is 253 g/mol. The largest absolute Gasteiger partial charge is 0.396 e. The van der Waals surface area contributed by atoms with Gasteiger partial charge in [0.15, 0.2) is 0 Å². The summed E-state index contributed by atoms with van der Waals surface area (Å²) in [4.78, 5) is 0. The number of aliphatic hydroxyl groups excluding tert-OH is 1. The summed E-state index contributed by atoms with van der Waals surface area (Å²) in [6.07, 6.45) is 10.6. The van der Waals surface area contributed by atoms with E-state index in [-0.39, 0.29) is 0 Å². The fraction of sp³-hybridized carbons (Fsp3) is 1.00. The number of hydrogen-bond donors (Lipinski definition) is 2. The SMILES string of the molecule is CC(C)C1CCCC(NCC2(CCO)CC2)CC1. The Morgan fingerprint density at radius 1 is 1.17 bits per heavy atom. The first-order chi connectivity index (χ1) is 8.65. The van der Waals surface area contributed by atoms with Crippen molar-refractivity contribution in [3.63, 3.8) is 0 Å². The van der Waals surface area contributed by atoms with Crippen LogP contribution in [0.2, 0.25) is 0 Å². The van der Waals surface area contributed by atoms with Crippen molar-refractivity contribution in [3.8, 4) is 0 Å². The first kappa shape index (κ1) is 14.3. The smallest absolute Gasteiger partial charge is 0.0436 e. The number of hydrogen-bond acceptors (Lipinski definition) is 2. The van der Waals surface area contributed by atoms with E-state index in [1.807, 2.05) is 0 Å². The van der Waals surface area contributed by atoms with Crippen LogP contribution in [0.25, 0.3) is 0 Å². The van der Waals surface area contributed by atoms with Gasteiger partial charge in [0.25, 0.3) is 0 Å². The molecule has 2 rings (SSSR count). The average Bonchev–Trinajstić information content (AvgIpc) is 3.10. The summed E-state index contributed by atoms with van der Waals surface area (Å²) in [7, 11) is 0. The lowest BCUT2D eigenvalue weighted by Crippen LogP contribution is -2.34. The summed E-state index contributed by atoms with van der Waals surface area (Å²) in [6, 6.07) is 0.741. The second-order valence-electron chi connectivity index (χ2n) is 7.06. The van der Waals surface area contributed by atoms with Gasteiger partial charge in [-0.25, -0.2) is 0 Å². The lowest BCUT2D eigenvalue weighted by molar-refractivity contribution is 0.240. The van der Waals surface area contributed by atoms with Crippen LogP contribution in [-0.4, -0.2) is 24.3 Å². The van der Waals surface area contributed by atoms with E-state index >= 15 is 0 Å². The van der Waals surface area contributed by atoms with E-state index in [2.05, 4.69) is 19.2 Å². The Kier molecular flexibility index (Phi) is 5.08. The highest BCUT2D eigenvalue weighted by Crippen LogP contribution is 2.48. The molecule has 0 aromatic heterocycles. The Labute approximate surface area is 113 Å². The van der Waals surface area contributed by atoms with Gasteiger partial charge in [-0.1, -0.05) is 26.7 Å². The molecule has 0 bridgehead atoms. The zero-order chi connectivity index (χ0) is 13.0. The molecule has 2 fully saturated rings. The van der Waals surface area contributed by atoms with Crippen LogP contribution in [0.3, 0.4) is 0 Å². The number of rotatable bonds is 6. The maximum atomic E-state index is 9.09. The van der Waals surface area contributed by atoms with Gasteiger partial charge in [0, 0.05) is 19.2 Å². The van der Waals surface area contributed by atoms with Gasteiger partial charge in [-0.05, 0) is 55.8 Å². The van der Waals surface area contributed by atoms with Crippen molar-refractivity contribution in [2.45, 2.75) is 71.3 Å². The van der Waals surface area contributed by atoms with Crippen LogP contribution in [0.1, 0.15) is 65.2 Å². The van der Waals surface area contributed by atoms with E-state index in [0.29, 0.717) is 12.0 Å². The fourth-order valence-corrected chi connectivity index (χ4v) is 3.49. The van der Waals surface area contributed by atoms with Gasteiger partial charge in [0.2, 0.25) is 0 Å². The molecule has 106 valence electrons. The molecule has 2 nitrogen and oxygen atoms in total. The maximum Gasteiger partial charge on any atom is 0.0436 e. The van der Waals surface area contributed by atoms with E-state index < -0.39 is 0 Å². The molecule has 0 saturated heterocycles. The zero-order valence-electron chi connectivity index (χ0n) is 12.3. The van der Waals surface area contributed by atoms with Gasteiger partial charge in [-0.2, -0.15) is 0 Å². The lowest BCUT2D eigenvalue weighted by Gasteiger charge is -2.22. The minimum Gasteiger partial charge on any atom is -0.396 e. The number of nitrogens with one attached hydrogen (secondary N) is 1. The first-order valence-corrected chi connectivity index (χ1v) is 7.99. The minimum absolute atomic E-state index is 0.363. The summed E-state index contributed by atoms with van der Waals surface area (Å²) >= 11 is 0. The fourth-order valence-electron chi connectivity index (χ4n) is 3.49. The van der Waals surface area contributed by atoms with Crippen molar-refractivity contribution >= 4 is 0 Å². The molecule has 0 amide bonds. The first-order valence-electron chi connectivity index (χ1n) is 7.99. The Hall–Kier alpha value is -0.0800. The van der Waals surface area contributed by atoms with Crippen LogP contribution in [0, 0.1) is 17.3 Å². The Morgan fingerprint density at radius 3 is 2.56 bits per heavy atom. The van der Waals surface area contributed by atoms with Gasteiger partial charge in [-0.15, -0.1) is 0 Å². The Balaban J connectivity index is 1.70. The maximum absolute atomic E-state index is 9.09. The van der Waals surface area contributed by atoms with E-state index in [0.717, 1.165) is 30.8 Å². The summed E-state index contributed by atoms with van der Waals surface area (Å²) in [5.74, 6) is 1.80. The highest BCUT2D eigenvalue weighted by atomic mass is 16.3. The second kappa shape index (κ2) is 6.38. The van der Waals surface area contributed by atoms with Crippen molar-refractivity contribution in [2.24, 2.45) is 17.3 Å². The van der Waals surface area contributed by atoms with Crippen molar-refractivity contribution in [1.29, 1.82) is 0 Å². The van der Waals surface area contributed by atoms with Gasteiger partial charge in [0.1, 0.15) is 0 Å². The normalized spacial score (nSPS) is 31.3. The van der Waals surface area contributed by atoms with E-state index in [1.165, 1.54) is 44.9 Å².